The fourth-order valence-corrected chi connectivity index (χ4v) is 0.963. The van der Waals surface area contributed by atoms with Gasteiger partial charge in [-0.3, -0.25) is 0 Å². The monoisotopic (exact) mass is 201 g/mol. The first-order valence-corrected chi connectivity index (χ1v) is 4.10. The second-order valence-corrected chi connectivity index (χ2v) is 2.71. The molecule has 1 atom stereocenters. The SMILES string of the molecule is COCC(CO)Nc1cc(F)ncn1. The molecule has 0 aliphatic carbocycles. The van der Waals surface area contributed by atoms with E-state index in [0.29, 0.717) is 12.4 Å². The van der Waals surface area contributed by atoms with Crippen LogP contribution in [0.25, 0.3) is 0 Å². The summed E-state index contributed by atoms with van der Waals surface area (Å²) in [6, 6.07) is 0.854. The number of methoxy groups -OCH3 is 1. The molecule has 6 heteroatoms. The third-order valence-corrected chi connectivity index (χ3v) is 1.57. The van der Waals surface area contributed by atoms with Gasteiger partial charge in [-0.1, -0.05) is 0 Å². The number of aliphatic hydroxyl groups is 1. The van der Waals surface area contributed by atoms with Crippen molar-refractivity contribution >= 4 is 5.82 Å². The summed E-state index contributed by atoms with van der Waals surface area (Å²) in [5.74, 6) is -0.287. The minimum Gasteiger partial charge on any atom is -0.394 e. The Balaban J connectivity index is 2.57. The van der Waals surface area contributed by atoms with Gasteiger partial charge in [0.1, 0.15) is 12.1 Å². The second kappa shape index (κ2) is 5.46. The molecule has 0 saturated carbocycles. The lowest BCUT2D eigenvalue weighted by Gasteiger charge is -2.15. The molecule has 0 spiro atoms. The number of nitrogens with one attached hydrogen (secondary N) is 1. The molecular formula is C8H12FN3O2. The molecule has 1 heterocycles. The van der Waals surface area contributed by atoms with Gasteiger partial charge in [0.05, 0.1) is 19.3 Å². The predicted octanol–water partition coefficient (Wildman–Crippen LogP) is 0.0349. The van der Waals surface area contributed by atoms with E-state index in [1.54, 1.807) is 0 Å². The second-order valence-electron chi connectivity index (χ2n) is 2.71. The summed E-state index contributed by atoms with van der Waals surface area (Å²) in [6.07, 6.45) is 1.11. The Morgan fingerprint density at radius 2 is 2.43 bits per heavy atom. The number of hydrogen-bond acceptors (Lipinski definition) is 5. The van der Waals surface area contributed by atoms with Crippen LogP contribution in [0.1, 0.15) is 0 Å². The highest BCUT2D eigenvalue weighted by molar-refractivity contribution is 5.33. The van der Waals surface area contributed by atoms with Crippen molar-refractivity contribution in [3.63, 3.8) is 0 Å². The molecule has 78 valence electrons. The quantitative estimate of drug-likeness (QED) is 0.658. The van der Waals surface area contributed by atoms with Crippen LogP contribution in [0.3, 0.4) is 0 Å². The fraction of sp³-hybridized carbons (Fsp3) is 0.500. The maximum Gasteiger partial charge on any atom is 0.217 e. The van der Waals surface area contributed by atoms with Crippen LogP contribution in [0.5, 0.6) is 0 Å². The molecule has 1 rings (SSSR count). The number of aromatic nitrogens is 2. The molecule has 1 aromatic heterocycles. The van der Waals surface area contributed by atoms with Gasteiger partial charge in [-0.25, -0.2) is 9.97 Å². The molecule has 0 fully saturated rings. The number of halogens is 1. The lowest BCUT2D eigenvalue weighted by molar-refractivity contribution is 0.153. The standard InChI is InChI=1S/C8H12FN3O2/c1-14-4-6(3-13)12-8-2-7(9)10-5-11-8/h2,5-6,13H,3-4H2,1H3,(H,10,11,12). The van der Waals surface area contributed by atoms with Crippen molar-refractivity contribution in [1.82, 2.24) is 9.97 Å². The molecule has 2 N–H and O–H groups in total. The summed E-state index contributed by atoms with van der Waals surface area (Å²) in [5.41, 5.74) is 0. The Morgan fingerprint density at radius 1 is 1.64 bits per heavy atom. The van der Waals surface area contributed by atoms with E-state index in [1.165, 1.54) is 7.11 Å². The zero-order valence-electron chi connectivity index (χ0n) is 7.77. The average Bonchev–Trinajstić information content (AvgIpc) is 2.17. The zero-order valence-corrected chi connectivity index (χ0v) is 7.77. The van der Waals surface area contributed by atoms with Gasteiger partial charge in [-0.15, -0.1) is 0 Å². The van der Waals surface area contributed by atoms with Gasteiger partial charge < -0.3 is 15.2 Å². The van der Waals surface area contributed by atoms with E-state index in [4.69, 9.17) is 9.84 Å². The third-order valence-electron chi connectivity index (χ3n) is 1.57. The number of rotatable bonds is 5. The minimum absolute atomic E-state index is 0.112. The van der Waals surface area contributed by atoms with Crippen LogP contribution >= 0.6 is 0 Å². The summed E-state index contributed by atoms with van der Waals surface area (Å²) in [7, 11) is 1.52. The fourth-order valence-electron chi connectivity index (χ4n) is 0.963. The number of hydrogen-bond donors (Lipinski definition) is 2. The van der Waals surface area contributed by atoms with Crippen LogP contribution in [0.4, 0.5) is 10.2 Å². The molecule has 0 bridgehead atoms. The van der Waals surface area contributed by atoms with Crippen LogP contribution in [0, 0.1) is 5.95 Å². The highest BCUT2D eigenvalue weighted by Crippen LogP contribution is 2.04. The molecule has 5 nitrogen and oxygen atoms in total. The Bertz CT molecular complexity index is 285. The lowest BCUT2D eigenvalue weighted by Crippen LogP contribution is -2.29. The van der Waals surface area contributed by atoms with Gasteiger partial charge in [0.2, 0.25) is 5.95 Å². The lowest BCUT2D eigenvalue weighted by atomic mass is 10.3. The average molecular weight is 201 g/mol. The topological polar surface area (TPSA) is 67.3 Å². The molecule has 0 aliphatic heterocycles. The van der Waals surface area contributed by atoms with Crippen molar-refractivity contribution in [2.75, 3.05) is 25.6 Å². The van der Waals surface area contributed by atoms with Crippen molar-refractivity contribution in [3.05, 3.63) is 18.3 Å². The molecule has 1 unspecified atom stereocenters. The van der Waals surface area contributed by atoms with Crippen molar-refractivity contribution in [3.8, 4) is 0 Å². The molecule has 0 saturated heterocycles. The largest absolute Gasteiger partial charge is 0.394 e. The zero-order chi connectivity index (χ0) is 10.4. The van der Waals surface area contributed by atoms with Crippen LogP contribution in [-0.4, -0.2) is 41.4 Å². The normalized spacial score (nSPS) is 12.5. The smallest absolute Gasteiger partial charge is 0.217 e. The van der Waals surface area contributed by atoms with Crippen molar-refractivity contribution < 1.29 is 14.2 Å². The molecule has 14 heavy (non-hydrogen) atoms. The van der Waals surface area contributed by atoms with E-state index >= 15 is 0 Å². The number of nitrogens with zero attached hydrogens (tertiary/aromatic N) is 2. The van der Waals surface area contributed by atoms with E-state index in [-0.39, 0.29) is 12.6 Å². The summed E-state index contributed by atoms with van der Waals surface area (Å²) in [6.45, 7) is 0.210. The summed E-state index contributed by atoms with van der Waals surface area (Å²) in [5, 5.41) is 11.7. The van der Waals surface area contributed by atoms with Crippen molar-refractivity contribution in [2.45, 2.75) is 6.04 Å². The maximum absolute atomic E-state index is 12.6. The van der Waals surface area contributed by atoms with Gasteiger partial charge in [0.25, 0.3) is 0 Å². The van der Waals surface area contributed by atoms with E-state index in [2.05, 4.69) is 15.3 Å². The van der Waals surface area contributed by atoms with E-state index in [0.717, 1.165) is 12.4 Å². The van der Waals surface area contributed by atoms with Crippen molar-refractivity contribution in [1.29, 1.82) is 0 Å². The summed E-state index contributed by atoms with van der Waals surface area (Å²) >= 11 is 0. The molecule has 1 aromatic rings. The Morgan fingerprint density at radius 3 is 3.00 bits per heavy atom. The van der Waals surface area contributed by atoms with Gasteiger partial charge in [-0.2, -0.15) is 4.39 Å². The van der Waals surface area contributed by atoms with Gasteiger partial charge >= 0.3 is 0 Å². The number of ether oxygens (including phenoxy) is 1. The Hall–Kier alpha value is -1.27. The highest BCUT2D eigenvalue weighted by atomic mass is 19.1. The van der Waals surface area contributed by atoms with E-state index in [9.17, 15) is 4.39 Å². The molecular weight excluding hydrogens is 189 g/mol. The van der Waals surface area contributed by atoms with Crippen LogP contribution < -0.4 is 5.32 Å². The highest BCUT2D eigenvalue weighted by Gasteiger charge is 2.07. The molecule has 0 aromatic carbocycles. The van der Waals surface area contributed by atoms with Crippen LogP contribution in [-0.2, 0) is 4.74 Å². The third kappa shape index (κ3) is 3.23. The number of aliphatic hydroxyl groups excluding tert-OH is 1. The van der Waals surface area contributed by atoms with Crippen molar-refractivity contribution in [2.24, 2.45) is 0 Å². The predicted molar refractivity (Wildman–Crippen MR) is 48.4 cm³/mol. The number of anilines is 1. The Kier molecular flexibility index (Phi) is 4.21. The first-order chi connectivity index (χ1) is 6.76. The van der Waals surface area contributed by atoms with E-state index < -0.39 is 5.95 Å². The Labute approximate surface area is 81.0 Å². The summed E-state index contributed by atoms with van der Waals surface area (Å²) < 4.78 is 17.5. The maximum atomic E-state index is 12.6. The van der Waals surface area contributed by atoms with E-state index in [1.807, 2.05) is 0 Å². The first-order valence-electron chi connectivity index (χ1n) is 4.10. The van der Waals surface area contributed by atoms with Crippen LogP contribution in [0.2, 0.25) is 0 Å². The van der Waals surface area contributed by atoms with Gasteiger partial charge in [-0.05, 0) is 0 Å². The minimum atomic E-state index is -0.614. The molecule has 0 amide bonds. The summed E-state index contributed by atoms with van der Waals surface area (Å²) in [4.78, 5) is 7.09. The van der Waals surface area contributed by atoms with Gasteiger partial charge in [0, 0.05) is 13.2 Å². The first kappa shape index (κ1) is 10.8. The molecule has 0 aliphatic rings. The molecule has 0 radical (unpaired) electrons. The van der Waals surface area contributed by atoms with Crippen LogP contribution in [0.15, 0.2) is 12.4 Å². The van der Waals surface area contributed by atoms with Gasteiger partial charge in [0.15, 0.2) is 0 Å².